The van der Waals surface area contributed by atoms with Gasteiger partial charge in [-0.2, -0.15) is 0 Å². The Morgan fingerprint density at radius 3 is 1.97 bits per heavy atom. The van der Waals surface area contributed by atoms with Crippen LogP contribution in [0.5, 0.6) is 11.5 Å². The average molecular weight is 508 g/mol. The molecule has 0 aliphatic rings. The predicted octanol–water partition coefficient (Wildman–Crippen LogP) is 3.17. The van der Waals surface area contributed by atoms with E-state index >= 15 is 0 Å². The van der Waals surface area contributed by atoms with Crippen LogP contribution in [0.2, 0.25) is 0 Å². The smallest absolute Gasteiger partial charge is 0.241 e. The number of carboxylic acid groups (broad SMARTS) is 1. The zero-order chi connectivity index (χ0) is 26.3. The zero-order valence-electron chi connectivity index (χ0n) is 20.4. The third kappa shape index (κ3) is 7.54. The van der Waals surface area contributed by atoms with E-state index in [2.05, 4.69) is 51.5 Å². The minimum absolute atomic E-state index is 0.0742. The third-order valence-corrected chi connectivity index (χ3v) is 5.84. The van der Waals surface area contributed by atoms with Gasteiger partial charge in [0.25, 0.3) is 0 Å². The first-order valence-corrected chi connectivity index (χ1v) is 12.6. The molecule has 8 nitrogen and oxygen atoms in total. The maximum Gasteiger partial charge on any atom is 0.241 e. The van der Waals surface area contributed by atoms with Crippen molar-refractivity contribution in [2.75, 3.05) is 21.1 Å². The summed E-state index contributed by atoms with van der Waals surface area (Å²) < 4.78 is 32.3. The van der Waals surface area contributed by atoms with Crippen molar-refractivity contribution < 1.29 is 27.5 Å². The lowest BCUT2D eigenvalue weighted by atomic mass is 10.2. The largest absolute Gasteiger partial charge is 0.545 e. The molecule has 0 aliphatic carbocycles. The molecule has 188 valence electrons. The molecule has 0 unspecified atom stereocenters. The van der Waals surface area contributed by atoms with Crippen LogP contribution in [0.3, 0.4) is 0 Å². The lowest BCUT2D eigenvalue weighted by Crippen LogP contribution is -2.33. The first kappa shape index (κ1) is 26.7. The van der Waals surface area contributed by atoms with Crippen LogP contribution < -0.4 is 15.0 Å². The highest BCUT2D eigenvalue weighted by Crippen LogP contribution is 2.35. The Hall–Kier alpha value is -3.92. The van der Waals surface area contributed by atoms with E-state index in [1.54, 1.807) is 54.9 Å². The molecular formula is C27H29N3O5S. The summed E-state index contributed by atoms with van der Waals surface area (Å²) in [6.45, 7) is 1.10. The van der Waals surface area contributed by atoms with E-state index in [0.29, 0.717) is 5.75 Å². The molecule has 0 saturated carbocycles. The lowest BCUT2D eigenvalue weighted by Gasteiger charge is -2.23. The number of hydrogen-bond acceptors (Lipinski definition) is 5. The number of carbonyl (C=O) groups excluding carboxylic acids is 1. The molecule has 4 rings (SSSR count). The third-order valence-electron chi connectivity index (χ3n) is 4.92. The Bertz CT molecular complexity index is 1400. The zero-order valence-corrected chi connectivity index (χ0v) is 21.2. The molecule has 0 amide bonds. The van der Waals surface area contributed by atoms with Crippen LogP contribution in [0.15, 0.2) is 102 Å². The molecule has 1 aromatic heterocycles. The number of primary sulfonamides is 1. The molecule has 1 heterocycles. The molecule has 36 heavy (non-hydrogen) atoms. The average Bonchev–Trinajstić information content (AvgIpc) is 3.34. The molecule has 0 atom stereocenters. The van der Waals surface area contributed by atoms with Gasteiger partial charge >= 0.3 is 0 Å². The van der Waals surface area contributed by atoms with Crippen molar-refractivity contribution in [2.24, 2.45) is 5.14 Å². The quantitative estimate of drug-likeness (QED) is 0.386. The molecule has 2 N–H and O–H groups in total. The van der Waals surface area contributed by atoms with Gasteiger partial charge in [0.2, 0.25) is 10.0 Å². The van der Waals surface area contributed by atoms with E-state index < -0.39 is 20.9 Å². The Morgan fingerprint density at radius 1 is 0.917 bits per heavy atom. The normalized spacial score (nSPS) is 11.3. The first-order chi connectivity index (χ1) is 16.9. The molecular weight excluding hydrogens is 478 g/mol. The van der Waals surface area contributed by atoms with E-state index in [0.717, 1.165) is 17.1 Å². The summed E-state index contributed by atoms with van der Waals surface area (Å²) in [4.78, 5) is 10.8. The SMILES string of the molecule is C[N+](C)(C)Cc1ccccc1.NS(=O)(=O)c1cc(C(=O)[O-])cc(-n2cccc2)c1Oc1ccccc1. The number of aromatic nitrogens is 1. The number of aromatic carboxylic acids is 1. The molecule has 0 radical (unpaired) electrons. The van der Waals surface area contributed by atoms with Gasteiger partial charge < -0.3 is 23.7 Å². The van der Waals surface area contributed by atoms with Crippen LogP contribution >= 0.6 is 0 Å². The second-order valence-corrected chi connectivity index (χ2v) is 10.6. The number of nitrogens with zero attached hydrogens (tertiary/aromatic N) is 2. The summed E-state index contributed by atoms with van der Waals surface area (Å²) in [6, 6.07) is 24.7. The van der Waals surface area contributed by atoms with Crippen molar-refractivity contribution in [3.05, 3.63) is 108 Å². The second kappa shape index (κ2) is 11.2. The van der Waals surface area contributed by atoms with Gasteiger partial charge in [-0.1, -0.05) is 48.5 Å². The Morgan fingerprint density at radius 2 is 1.47 bits per heavy atom. The van der Waals surface area contributed by atoms with Gasteiger partial charge in [0.15, 0.2) is 5.75 Å². The Balaban J connectivity index is 0.000000275. The number of nitrogens with two attached hydrogens (primary N) is 1. The van der Waals surface area contributed by atoms with Gasteiger partial charge in [0.05, 0.1) is 32.8 Å². The van der Waals surface area contributed by atoms with Gasteiger partial charge in [-0.25, -0.2) is 13.6 Å². The number of para-hydroxylation sites is 1. The fourth-order valence-electron chi connectivity index (χ4n) is 3.44. The minimum Gasteiger partial charge on any atom is -0.545 e. The van der Waals surface area contributed by atoms with Crippen molar-refractivity contribution in [3.8, 4) is 17.2 Å². The van der Waals surface area contributed by atoms with Crippen LogP contribution in [-0.4, -0.2) is 44.6 Å². The van der Waals surface area contributed by atoms with E-state index in [4.69, 9.17) is 9.88 Å². The van der Waals surface area contributed by atoms with Crippen LogP contribution in [-0.2, 0) is 16.6 Å². The number of carboxylic acids is 1. The maximum atomic E-state index is 12.0. The van der Waals surface area contributed by atoms with E-state index in [-0.39, 0.29) is 17.0 Å². The maximum absolute atomic E-state index is 12.0. The molecule has 0 saturated heterocycles. The van der Waals surface area contributed by atoms with Crippen molar-refractivity contribution in [1.82, 2.24) is 4.57 Å². The van der Waals surface area contributed by atoms with Gasteiger partial charge in [0.1, 0.15) is 17.2 Å². The predicted molar refractivity (Wildman–Crippen MR) is 136 cm³/mol. The highest BCUT2D eigenvalue weighted by atomic mass is 32.2. The second-order valence-electron chi connectivity index (χ2n) is 9.09. The number of sulfonamides is 1. The molecule has 4 aromatic rings. The molecule has 0 aliphatic heterocycles. The van der Waals surface area contributed by atoms with Crippen molar-refractivity contribution in [1.29, 1.82) is 0 Å². The molecule has 0 fully saturated rings. The molecule has 3 aromatic carbocycles. The van der Waals surface area contributed by atoms with Crippen molar-refractivity contribution >= 4 is 16.0 Å². The summed E-state index contributed by atoms with van der Waals surface area (Å²) in [5.74, 6) is -1.22. The van der Waals surface area contributed by atoms with E-state index in [1.165, 1.54) is 16.2 Å². The summed E-state index contributed by atoms with van der Waals surface area (Å²) in [5.41, 5.74) is 1.28. The number of ether oxygens (including phenoxy) is 1. The fraction of sp³-hybridized carbons (Fsp3) is 0.148. The Labute approximate surface area is 211 Å². The summed E-state index contributed by atoms with van der Waals surface area (Å²) in [6.07, 6.45) is 3.25. The van der Waals surface area contributed by atoms with Crippen molar-refractivity contribution in [3.63, 3.8) is 0 Å². The van der Waals surface area contributed by atoms with Crippen LogP contribution in [0.4, 0.5) is 0 Å². The lowest BCUT2D eigenvalue weighted by molar-refractivity contribution is -0.884. The van der Waals surface area contributed by atoms with E-state index in [1.807, 2.05) is 0 Å². The molecule has 0 bridgehead atoms. The highest BCUT2D eigenvalue weighted by molar-refractivity contribution is 7.89. The standard InChI is InChI=1S/C17H14N2O5S.C10H16N/c18-25(22,23)15-11-12(17(20)21)10-14(19-8-4-5-9-19)16(15)24-13-6-2-1-3-7-13;1-11(2,3)9-10-7-5-4-6-8-10/h1-11H,(H,20,21)(H2,18,22,23);4-8H,9H2,1-3H3/q;+1/p-1. The molecule has 0 spiro atoms. The number of hydrogen-bond donors (Lipinski definition) is 1. The monoisotopic (exact) mass is 507 g/mol. The first-order valence-electron chi connectivity index (χ1n) is 11.1. The number of carbonyl (C=O) groups is 1. The van der Waals surface area contributed by atoms with Gasteiger partial charge in [-0.05, 0) is 36.4 Å². The van der Waals surface area contributed by atoms with Crippen LogP contribution in [0.1, 0.15) is 15.9 Å². The summed E-state index contributed by atoms with van der Waals surface area (Å²) in [5, 5.41) is 16.5. The van der Waals surface area contributed by atoms with Crippen molar-refractivity contribution in [2.45, 2.75) is 11.4 Å². The van der Waals surface area contributed by atoms with Crippen LogP contribution in [0, 0.1) is 0 Å². The van der Waals surface area contributed by atoms with Gasteiger partial charge in [-0.3, -0.25) is 0 Å². The van der Waals surface area contributed by atoms with E-state index in [9.17, 15) is 18.3 Å². The number of benzene rings is 3. The van der Waals surface area contributed by atoms with Crippen LogP contribution in [0.25, 0.3) is 5.69 Å². The topological polar surface area (TPSA) is 114 Å². The number of quaternary nitrogens is 1. The fourth-order valence-corrected chi connectivity index (χ4v) is 4.14. The minimum atomic E-state index is -4.25. The summed E-state index contributed by atoms with van der Waals surface area (Å²) >= 11 is 0. The highest BCUT2D eigenvalue weighted by Gasteiger charge is 2.22. The van der Waals surface area contributed by atoms with Gasteiger partial charge in [-0.15, -0.1) is 0 Å². The van der Waals surface area contributed by atoms with Gasteiger partial charge in [0, 0.05) is 23.5 Å². The summed E-state index contributed by atoms with van der Waals surface area (Å²) in [7, 11) is 2.35. The molecule has 9 heteroatoms. The Kier molecular flexibility index (Phi) is 8.31. The number of rotatable bonds is 7.